The summed E-state index contributed by atoms with van der Waals surface area (Å²) >= 11 is 0. The third kappa shape index (κ3) is 5.28. The fourth-order valence-corrected chi connectivity index (χ4v) is 3.92. The van der Waals surface area contributed by atoms with Gasteiger partial charge in [-0.2, -0.15) is 0 Å². The van der Waals surface area contributed by atoms with E-state index in [2.05, 4.69) is 43.1 Å². The Morgan fingerprint density at radius 2 is 2.04 bits per heavy atom. The second kappa shape index (κ2) is 9.45. The van der Waals surface area contributed by atoms with E-state index in [1.807, 2.05) is 12.1 Å². The number of ether oxygens (including phenoxy) is 2. The van der Waals surface area contributed by atoms with Gasteiger partial charge in [-0.3, -0.25) is 4.99 Å². The molecule has 2 aliphatic rings. The molecule has 2 heterocycles. The lowest BCUT2D eigenvalue weighted by molar-refractivity contribution is 0.156. The van der Waals surface area contributed by atoms with Crippen molar-refractivity contribution in [1.29, 1.82) is 0 Å². The van der Waals surface area contributed by atoms with Crippen molar-refractivity contribution >= 4 is 29.9 Å². The van der Waals surface area contributed by atoms with Crippen molar-refractivity contribution in [1.82, 2.24) is 10.2 Å². The van der Waals surface area contributed by atoms with Crippen LogP contribution >= 0.6 is 24.0 Å². The van der Waals surface area contributed by atoms with Gasteiger partial charge in [-0.05, 0) is 37.5 Å². The standard InChI is InChI=1S/C21H33N3O2.HI/c1-5-22-19(24-12-10-21(15-24)11-13-26-16-21)23-14-20(2,3)17-6-8-18(25-4)9-7-17;/h6-9H,5,10-16H2,1-4H3,(H,22,23);1H. The van der Waals surface area contributed by atoms with Crippen LogP contribution in [0.3, 0.4) is 0 Å². The zero-order chi connectivity index (χ0) is 18.6. The molecule has 0 radical (unpaired) electrons. The molecule has 1 aromatic rings. The van der Waals surface area contributed by atoms with E-state index in [-0.39, 0.29) is 29.4 Å². The first-order valence-corrected chi connectivity index (χ1v) is 9.74. The summed E-state index contributed by atoms with van der Waals surface area (Å²) in [5.74, 6) is 1.93. The average molecular weight is 487 g/mol. The van der Waals surface area contributed by atoms with Gasteiger partial charge in [0.05, 0.1) is 20.3 Å². The minimum absolute atomic E-state index is 0. The summed E-state index contributed by atoms with van der Waals surface area (Å²) in [7, 11) is 1.70. The molecule has 1 atom stereocenters. The molecular formula is C21H34IN3O2. The summed E-state index contributed by atoms with van der Waals surface area (Å²) < 4.78 is 10.9. The quantitative estimate of drug-likeness (QED) is 0.391. The maximum atomic E-state index is 5.66. The molecule has 1 unspecified atom stereocenters. The van der Waals surface area contributed by atoms with Crippen LogP contribution in [0.1, 0.15) is 39.2 Å². The SMILES string of the molecule is CCNC(=NCC(C)(C)c1ccc(OC)cc1)N1CCC2(CCOC2)C1.I. The minimum Gasteiger partial charge on any atom is -0.497 e. The number of nitrogens with one attached hydrogen (secondary N) is 1. The fraction of sp³-hybridized carbons (Fsp3) is 0.667. The first kappa shape index (κ1) is 22.3. The van der Waals surface area contributed by atoms with Gasteiger partial charge in [-0.15, -0.1) is 24.0 Å². The van der Waals surface area contributed by atoms with Gasteiger partial charge in [-0.25, -0.2) is 0 Å². The van der Waals surface area contributed by atoms with Crippen LogP contribution in [0.25, 0.3) is 0 Å². The lowest BCUT2D eigenvalue weighted by Crippen LogP contribution is -2.42. The van der Waals surface area contributed by atoms with Crippen LogP contribution in [0.2, 0.25) is 0 Å². The summed E-state index contributed by atoms with van der Waals surface area (Å²) in [5, 5.41) is 3.49. The van der Waals surface area contributed by atoms with Crippen molar-refractivity contribution in [2.45, 2.75) is 39.0 Å². The van der Waals surface area contributed by atoms with E-state index in [4.69, 9.17) is 14.5 Å². The van der Waals surface area contributed by atoms with Crippen LogP contribution in [0, 0.1) is 5.41 Å². The summed E-state index contributed by atoms with van der Waals surface area (Å²) in [6, 6.07) is 8.33. The topological polar surface area (TPSA) is 46.1 Å². The Morgan fingerprint density at radius 1 is 1.30 bits per heavy atom. The van der Waals surface area contributed by atoms with E-state index in [0.29, 0.717) is 5.41 Å². The Morgan fingerprint density at radius 3 is 2.63 bits per heavy atom. The molecule has 2 fully saturated rings. The highest BCUT2D eigenvalue weighted by atomic mass is 127. The minimum atomic E-state index is -0.0270. The largest absolute Gasteiger partial charge is 0.497 e. The second-order valence-electron chi connectivity index (χ2n) is 8.26. The lowest BCUT2D eigenvalue weighted by atomic mass is 9.85. The summed E-state index contributed by atoms with van der Waals surface area (Å²) in [6.07, 6.45) is 2.39. The van der Waals surface area contributed by atoms with Gasteiger partial charge in [0.2, 0.25) is 0 Å². The van der Waals surface area contributed by atoms with Gasteiger partial charge in [-0.1, -0.05) is 26.0 Å². The number of hydrogen-bond acceptors (Lipinski definition) is 3. The summed E-state index contributed by atoms with van der Waals surface area (Å²) in [5.41, 5.74) is 1.60. The molecule has 0 aliphatic carbocycles. The van der Waals surface area contributed by atoms with Crippen LogP contribution in [-0.2, 0) is 10.2 Å². The number of nitrogens with zero attached hydrogens (tertiary/aromatic N) is 2. The normalized spacial score (nSPS) is 22.8. The molecular weight excluding hydrogens is 453 g/mol. The number of likely N-dealkylation sites (tertiary alicyclic amines) is 1. The van der Waals surface area contributed by atoms with E-state index < -0.39 is 0 Å². The fourth-order valence-electron chi connectivity index (χ4n) is 3.92. The molecule has 1 aromatic carbocycles. The number of methoxy groups -OCH3 is 1. The smallest absolute Gasteiger partial charge is 0.193 e. The number of rotatable bonds is 5. The maximum absolute atomic E-state index is 5.66. The van der Waals surface area contributed by atoms with E-state index in [9.17, 15) is 0 Å². The van der Waals surface area contributed by atoms with Crippen LogP contribution in [0.15, 0.2) is 29.3 Å². The maximum Gasteiger partial charge on any atom is 0.193 e. The Hall–Kier alpha value is -1.02. The zero-order valence-corrected chi connectivity index (χ0v) is 19.4. The number of guanidine groups is 1. The predicted octanol–water partition coefficient (Wildman–Crippen LogP) is 3.67. The van der Waals surface area contributed by atoms with Gasteiger partial charge >= 0.3 is 0 Å². The molecule has 3 rings (SSSR count). The Labute approximate surface area is 180 Å². The van der Waals surface area contributed by atoms with Gasteiger partial charge in [0.25, 0.3) is 0 Å². The van der Waals surface area contributed by atoms with E-state index in [1.54, 1.807) is 7.11 Å². The van der Waals surface area contributed by atoms with Gasteiger partial charge in [0.1, 0.15) is 5.75 Å². The monoisotopic (exact) mass is 487 g/mol. The van der Waals surface area contributed by atoms with E-state index >= 15 is 0 Å². The van der Waals surface area contributed by atoms with Gasteiger partial charge < -0.3 is 19.7 Å². The molecule has 152 valence electrons. The molecule has 0 bridgehead atoms. The highest BCUT2D eigenvalue weighted by Gasteiger charge is 2.42. The van der Waals surface area contributed by atoms with Crippen molar-refractivity contribution in [3.05, 3.63) is 29.8 Å². The van der Waals surface area contributed by atoms with Crippen LogP contribution in [0.4, 0.5) is 0 Å². The molecule has 0 amide bonds. The number of benzene rings is 1. The number of aliphatic imine (C=N–C) groups is 1. The number of halogens is 1. The van der Waals surface area contributed by atoms with Crippen molar-refractivity contribution < 1.29 is 9.47 Å². The lowest BCUT2D eigenvalue weighted by Gasteiger charge is -2.27. The zero-order valence-electron chi connectivity index (χ0n) is 17.1. The highest BCUT2D eigenvalue weighted by molar-refractivity contribution is 14.0. The molecule has 6 heteroatoms. The molecule has 5 nitrogen and oxygen atoms in total. The summed E-state index contributed by atoms with van der Waals surface area (Å²) in [4.78, 5) is 7.42. The highest BCUT2D eigenvalue weighted by Crippen LogP contribution is 2.38. The van der Waals surface area contributed by atoms with Crippen LogP contribution in [-0.4, -0.2) is 57.4 Å². The van der Waals surface area contributed by atoms with Crippen molar-refractivity contribution in [3.8, 4) is 5.75 Å². The molecule has 0 saturated carbocycles. The second-order valence-corrected chi connectivity index (χ2v) is 8.26. The molecule has 1 N–H and O–H groups in total. The van der Waals surface area contributed by atoms with E-state index in [0.717, 1.165) is 51.1 Å². The van der Waals surface area contributed by atoms with Crippen molar-refractivity contribution in [3.63, 3.8) is 0 Å². The third-order valence-corrected chi connectivity index (χ3v) is 5.75. The number of hydrogen-bond donors (Lipinski definition) is 1. The van der Waals surface area contributed by atoms with Crippen molar-refractivity contribution in [2.24, 2.45) is 10.4 Å². The first-order chi connectivity index (χ1) is 12.5. The third-order valence-electron chi connectivity index (χ3n) is 5.75. The molecule has 1 spiro atoms. The average Bonchev–Trinajstić information content (AvgIpc) is 3.29. The van der Waals surface area contributed by atoms with E-state index in [1.165, 1.54) is 18.4 Å². The Kier molecular flexibility index (Phi) is 7.80. The predicted molar refractivity (Wildman–Crippen MR) is 121 cm³/mol. The molecule has 27 heavy (non-hydrogen) atoms. The van der Waals surface area contributed by atoms with Gasteiger partial charge in [0.15, 0.2) is 5.96 Å². The molecule has 0 aromatic heterocycles. The Bertz CT molecular complexity index is 625. The summed E-state index contributed by atoms with van der Waals surface area (Å²) in [6.45, 7) is 12.2. The van der Waals surface area contributed by atoms with Gasteiger partial charge in [0, 0.05) is 37.1 Å². The van der Waals surface area contributed by atoms with Crippen LogP contribution in [0.5, 0.6) is 5.75 Å². The molecule has 2 aliphatic heterocycles. The van der Waals surface area contributed by atoms with Crippen molar-refractivity contribution in [2.75, 3.05) is 46.5 Å². The van der Waals surface area contributed by atoms with Crippen LogP contribution < -0.4 is 10.1 Å². The molecule has 2 saturated heterocycles. The first-order valence-electron chi connectivity index (χ1n) is 9.74. The Balaban J connectivity index is 0.00000261.